The summed E-state index contributed by atoms with van der Waals surface area (Å²) in [5.74, 6) is 0. The maximum absolute atomic E-state index is 3.50. The number of rotatable bonds is 4. The van der Waals surface area contributed by atoms with Gasteiger partial charge in [-0.2, -0.15) is 0 Å². The Morgan fingerprint density at radius 1 is 1.29 bits per heavy atom. The number of likely N-dealkylation sites (N-methyl/N-ethyl adjacent to an activating group) is 1. The van der Waals surface area contributed by atoms with E-state index in [1.165, 1.54) is 24.9 Å². The molecule has 1 N–H and O–H groups in total. The van der Waals surface area contributed by atoms with Crippen molar-refractivity contribution < 1.29 is 0 Å². The molecule has 0 amide bonds. The van der Waals surface area contributed by atoms with E-state index in [1.807, 2.05) is 0 Å². The Kier molecular flexibility index (Phi) is 4.57. The van der Waals surface area contributed by atoms with Gasteiger partial charge in [0.15, 0.2) is 0 Å². The van der Waals surface area contributed by atoms with Crippen molar-refractivity contribution in [2.75, 3.05) is 19.6 Å². The summed E-state index contributed by atoms with van der Waals surface area (Å²) < 4.78 is 0. The maximum Gasteiger partial charge on any atom is 0.0237 e. The molecular formula is C15H24N2. The van der Waals surface area contributed by atoms with Crippen LogP contribution in [0, 0.1) is 0 Å². The number of aryl methyl sites for hydroxylation is 1. The summed E-state index contributed by atoms with van der Waals surface area (Å²) in [6, 6.07) is 9.48. The van der Waals surface area contributed by atoms with Crippen LogP contribution in [0.5, 0.6) is 0 Å². The number of fused-ring (bicyclic) bond motifs is 1. The highest BCUT2D eigenvalue weighted by atomic mass is 15.1. The van der Waals surface area contributed by atoms with Crippen LogP contribution in [0.25, 0.3) is 0 Å². The summed E-state index contributed by atoms with van der Waals surface area (Å²) in [6.07, 6.45) is 2.53. The van der Waals surface area contributed by atoms with Crippen LogP contribution in [0.4, 0.5) is 0 Å². The van der Waals surface area contributed by atoms with Crippen molar-refractivity contribution in [3.63, 3.8) is 0 Å². The molecule has 1 aromatic carbocycles. The van der Waals surface area contributed by atoms with Crippen molar-refractivity contribution in [3.8, 4) is 0 Å². The lowest BCUT2D eigenvalue weighted by molar-refractivity contribution is 0.244. The Labute approximate surface area is 105 Å². The molecule has 1 aromatic rings. The second kappa shape index (κ2) is 6.18. The molecule has 0 radical (unpaired) electrons. The first-order chi connectivity index (χ1) is 8.29. The lowest BCUT2D eigenvalue weighted by atomic mass is 10.0. The Morgan fingerprint density at radius 3 is 2.82 bits per heavy atom. The van der Waals surface area contributed by atoms with Crippen LogP contribution in [0.1, 0.15) is 31.4 Å². The zero-order chi connectivity index (χ0) is 12.1. The first-order valence-corrected chi connectivity index (χ1v) is 6.82. The third-order valence-electron chi connectivity index (χ3n) is 3.52. The second-order valence-electron chi connectivity index (χ2n) is 5.07. The van der Waals surface area contributed by atoms with Gasteiger partial charge in [-0.3, -0.25) is 4.90 Å². The second-order valence-corrected chi connectivity index (χ2v) is 5.07. The SMILES string of the molecule is CCNC(C)CN1CCCc2ccccc2C1. The largest absolute Gasteiger partial charge is 0.313 e. The molecule has 2 rings (SSSR count). The lowest BCUT2D eigenvalue weighted by Gasteiger charge is -2.24. The molecule has 0 spiro atoms. The average molecular weight is 232 g/mol. The van der Waals surface area contributed by atoms with E-state index in [0.717, 1.165) is 19.6 Å². The van der Waals surface area contributed by atoms with Gasteiger partial charge in [-0.1, -0.05) is 31.2 Å². The number of hydrogen-bond donors (Lipinski definition) is 1. The molecule has 0 saturated carbocycles. The minimum atomic E-state index is 0.588. The Morgan fingerprint density at radius 2 is 2.06 bits per heavy atom. The molecule has 0 saturated heterocycles. The number of hydrogen-bond acceptors (Lipinski definition) is 2. The van der Waals surface area contributed by atoms with Gasteiger partial charge >= 0.3 is 0 Å². The van der Waals surface area contributed by atoms with Crippen molar-refractivity contribution in [1.29, 1.82) is 0 Å². The van der Waals surface area contributed by atoms with Gasteiger partial charge in [-0.25, -0.2) is 0 Å². The lowest BCUT2D eigenvalue weighted by Crippen LogP contribution is -2.38. The van der Waals surface area contributed by atoms with Crippen molar-refractivity contribution in [2.45, 2.75) is 39.3 Å². The van der Waals surface area contributed by atoms with Gasteiger partial charge in [-0.15, -0.1) is 0 Å². The molecule has 1 atom stereocenters. The van der Waals surface area contributed by atoms with Gasteiger partial charge in [0.1, 0.15) is 0 Å². The molecule has 1 unspecified atom stereocenters. The summed E-state index contributed by atoms with van der Waals surface area (Å²) in [5.41, 5.74) is 3.07. The molecular weight excluding hydrogens is 208 g/mol. The van der Waals surface area contributed by atoms with Gasteiger partial charge in [0.2, 0.25) is 0 Å². The van der Waals surface area contributed by atoms with Crippen molar-refractivity contribution in [1.82, 2.24) is 10.2 Å². The summed E-state index contributed by atoms with van der Waals surface area (Å²) in [6.45, 7) is 9.01. The van der Waals surface area contributed by atoms with Crippen molar-refractivity contribution in [2.24, 2.45) is 0 Å². The minimum Gasteiger partial charge on any atom is -0.313 e. The van der Waals surface area contributed by atoms with E-state index in [4.69, 9.17) is 0 Å². The van der Waals surface area contributed by atoms with E-state index >= 15 is 0 Å². The third kappa shape index (κ3) is 3.55. The summed E-state index contributed by atoms with van der Waals surface area (Å²) >= 11 is 0. The van der Waals surface area contributed by atoms with E-state index in [1.54, 1.807) is 5.56 Å². The van der Waals surface area contributed by atoms with Crippen LogP contribution in [0.15, 0.2) is 24.3 Å². The van der Waals surface area contributed by atoms with E-state index in [-0.39, 0.29) is 0 Å². The highest BCUT2D eigenvalue weighted by Crippen LogP contribution is 2.18. The first-order valence-electron chi connectivity index (χ1n) is 6.82. The van der Waals surface area contributed by atoms with Crippen LogP contribution in [-0.2, 0) is 13.0 Å². The Balaban J connectivity index is 1.98. The molecule has 2 heteroatoms. The van der Waals surface area contributed by atoms with Gasteiger partial charge in [0.05, 0.1) is 0 Å². The maximum atomic E-state index is 3.50. The Bertz CT molecular complexity index is 349. The third-order valence-corrected chi connectivity index (χ3v) is 3.52. The monoisotopic (exact) mass is 232 g/mol. The molecule has 1 heterocycles. The molecule has 1 aliphatic heterocycles. The van der Waals surface area contributed by atoms with Crippen LogP contribution in [-0.4, -0.2) is 30.6 Å². The quantitative estimate of drug-likeness (QED) is 0.857. The topological polar surface area (TPSA) is 15.3 Å². The highest BCUT2D eigenvalue weighted by Gasteiger charge is 2.15. The van der Waals surface area contributed by atoms with Gasteiger partial charge in [0, 0.05) is 19.1 Å². The molecule has 2 nitrogen and oxygen atoms in total. The number of nitrogens with zero attached hydrogens (tertiary/aromatic N) is 1. The van der Waals surface area contributed by atoms with Gasteiger partial charge in [0.25, 0.3) is 0 Å². The zero-order valence-electron chi connectivity index (χ0n) is 11.1. The highest BCUT2D eigenvalue weighted by molar-refractivity contribution is 5.28. The molecule has 0 aliphatic carbocycles. The van der Waals surface area contributed by atoms with Crippen LogP contribution in [0.2, 0.25) is 0 Å². The first kappa shape index (κ1) is 12.6. The van der Waals surface area contributed by atoms with Crippen LogP contribution < -0.4 is 5.32 Å². The van der Waals surface area contributed by atoms with E-state index in [9.17, 15) is 0 Å². The molecule has 0 aromatic heterocycles. The minimum absolute atomic E-state index is 0.588. The summed E-state index contributed by atoms with van der Waals surface area (Å²) in [7, 11) is 0. The predicted octanol–water partition coefficient (Wildman–Crippen LogP) is 2.43. The van der Waals surface area contributed by atoms with Crippen LogP contribution in [0.3, 0.4) is 0 Å². The molecule has 94 valence electrons. The van der Waals surface area contributed by atoms with Gasteiger partial charge in [-0.05, 0) is 44.0 Å². The molecule has 0 bridgehead atoms. The smallest absolute Gasteiger partial charge is 0.0237 e. The van der Waals surface area contributed by atoms with Crippen LogP contribution >= 0.6 is 0 Å². The summed E-state index contributed by atoms with van der Waals surface area (Å²) in [4.78, 5) is 2.58. The number of benzene rings is 1. The fourth-order valence-corrected chi connectivity index (χ4v) is 2.72. The van der Waals surface area contributed by atoms with E-state index in [2.05, 4.69) is 48.3 Å². The fraction of sp³-hybridized carbons (Fsp3) is 0.600. The summed E-state index contributed by atoms with van der Waals surface area (Å²) in [5, 5.41) is 3.50. The van der Waals surface area contributed by atoms with Crippen molar-refractivity contribution >= 4 is 0 Å². The molecule has 17 heavy (non-hydrogen) atoms. The average Bonchev–Trinajstić information content (AvgIpc) is 2.50. The zero-order valence-corrected chi connectivity index (χ0v) is 11.1. The standard InChI is InChI=1S/C15H24N2/c1-3-16-13(2)11-17-10-6-9-14-7-4-5-8-15(14)12-17/h4-5,7-8,13,16H,3,6,9-12H2,1-2H3. The molecule has 0 fully saturated rings. The van der Waals surface area contributed by atoms with Gasteiger partial charge < -0.3 is 5.32 Å². The predicted molar refractivity (Wildman–Crippen MR) is 73.2 cm³/mol. The number of nitrogens with one attached hydrogen (secondary N) is 1. The van der Waals surface area contributed by atoms with Crippen molar-refractivity contribution in [3.05, 3.63) is 35.4 Å². The van der Waals surface area contributed by atoms with E-state index < -0.39 is 0 Å². The fourth-order valence-electron chi connectivity index (χ4n) is 2.72. The van der Waals surface area contributed by atoms with E-state index in [0.29, 0.717) is 6.04 Å². The Hall–Kier alpha value is -0.860. The molecule has 1 aliphatic rings. The normalized spacial score (nSPS) is 18.5.